The summed E-state index contributed by atoms with van der Waals surface area (Å²) in [6, 6.07) is 1.82. The van der Waals surface area contributed by atoms with E-state index in [4.69, 9.17) is 0 Å². The molecule has 1 aliphatic carbocycles. The number of aromatic nitrogens is 1. The van der Waals surface area contributed by atoms with Crippen LogP contribution in [-0.2, 0) is 16.1 Å². The van der Waals surface area contributed by atoms with Crippen LogP contribution in [0.3, 0.4) is 0 Å². The van der Waals surface area contributed by atoms with Gasteiger partial charge in [0, 0.05) is 23.5 Å². The van der Waals surface area contributed by atoms with Crippen molar-refractivity contribution in [2.24, 2.45) is 11.8 Å². The molecular formula is C19H22N2O3. The zero-order valence-electron chi connectivity index (χ0n) is 14.1. The molecule has 0 saturated carbocycles. The summed E-state index contributed by atoms with van der Waals surface area (Å²) in [4.78, 5) is 38.8. The molecule has 1 aliphatic heterocycles. The van der Waals surface area contributed by atoms with Crippen LogP contribution in [0.25, 0.3) is 0 Å². The molecule has 2 heterocycles. The second kappa shape index (κ2) is 6.23. The Labute approximate surface area is 141 Å². The summed E-state index contributed by atoms with van der Waals surface area (Å²) >= 11 is 0. The van der Waals surface area contributed by atoms with Crippen molar-refractivity contribution in [3.05, 3.63) is 47.8 Å². The van der Waals surface area contributed by atoms with Crippen molar-refractivity contribution in [2.75, 3.05) is 6.54 Å². The Morgan fingerprint density at radius 1 is 1.21 bits per heavy atom. The number of amides is 2. The molecule has 126 valence electrons. The van der Waals surface area contributed by atoms with E-state index in [1.807, 2.05) is 36.6 Å². The molecule has 1 saturated heterocycles. The summed E-state index contributed by atoms with van der Waals surface area (Å²) in [5.74, 6) is -1.18. The lowest BCUT2D eigenvalue weighted by Gasteiger charge is -2.14. The van der Waals surface area contributed by atoms with Gasteiger partial charge in [-0.15, -0.1) is 6.58 Å². The third-order valence-corrected chi connectivity index (χ3v) is 5.09. The number of ketones is 1. The highest BCUT2D eigenvalue weighted by Crippen LogP contribution is 2.35. The zero-order chi connectivity index (χ0) is 17.4. The molecule has 3 rings (SSSR count). The molecule has 1 aromatic rings. The molecule has 0 aromatic carbocycles. The molecular weight excluding hydrogens is 304 g/mol. The first-order valence-electron chi connectivity index (χ1n) is 8.26. The third kappa shape index (κ3) is 2.54. The van der Waals surface area contributed by atoms with E-state index in [9.17, 15) is 14.4 Å². The number of hydrogen-bond donors (Lipinski definition) is 0. The number of nitrogens with zero attached hydrogens (tertiary/aromatic N) is 2. The molecule has 24 heavy (non-hydrogen) atoms. The Kier molecular flexibility index (Phi) is 4.26. The molecule has 1 fully saturated rings. The quantitative estimate of drug-likeness (QED) is 0.474. The van der Waals surface area contributed by atoms with Crippen molar-refractivity contribution in [1.29, 1.82) is 0 Å². The minimum Gasteiger partial charge on any atom is -0.345 e. The molecule has 2 aliphatic rings. The van der Waals surface area contributed by atoms with E-state index >= 15 is 0 Å². The Bertz CT molecular complexity index is 731. The van der Waals surface area contributed by atoms with Crippen LogP contribution in [0.15, 0.2) is 30.9 Å². The highest BCUT2D eigenvalue weighted by atomic mass is 16.2. The highest BCUT2D eigenvalue weighted by molar-refractivity contribution is 6.10. The minimum atomic E-state index is -0.288. The summed E-state index contributed by atoms with van der Waals surface area (Å²) < 4.78 is 2.00. The van der Waals surface area contributed by atoms with E-state index in [1.165, 1.54) is 0 Å². The Hall–Kier alpha value is -2.43. The number of imide groups is 1. The van der Waals surface area contributed by atoms with Crippen LogP contribution in [0, 0.1) is 25.7 Å². The molecule has 1 aromatic heterocycles. The van der Waals surface area contributed by atoms with Gasteiger partial charge in [-0.25, -0.2) is 0 Å². The van der Waals surface area contributed by atoms with E-state index in [2.05, 4.69) is 6.58 Å². The average molecular weight is 326 g/mol. The highest BCUT2D eigenvalue weighted by Gasteiger charge is 2.47. The van der Waals surface area contributed by atoms with Gasteiger partial charge in [-0.3, -0.25) is 19.3 Å². The minimum absolute atomic E-state index is 0.164. The Balaban J connectivity index is 1.81. The van der Waals surface area contributed by atoms with Gasteiger partial charge in [0.1, 0.15) is 0 Å². The van der Waals surface area contributed by atoms with E-state index in [0.29, 0.717) is 24.9 Å². The lowest BCUT2D eigenvalue weighted by Crippen LogP contribution is -2.36. The van der Waals surface area contributed by atoms with Crippen LogP contribution in [0.2, 0.25) is 0 Å². The monoisotopic (exact) mass is 326 g/mol. The van der Waals surface area contributed by atoms with Crippen molar-refractivity contribution >= 4 is 17.6 Å². The van der Waals surface area contributed by atoms with Gasteiger partial charge in [0.05, 0.1) is 18.4 Å². The van der Waals surface area contributed by atoms with E-state index in [1.54, 1.807) is 6.08 Å². The largest absolute Gasteiger partial charge is 0.345 e. The standard InChI is InChI=1S/C19H22N2O3/c1-4-9-20-12(2)10-16(13(20)3)17(22)11-21-18(23)14-7-5-6-8-15(14)19(21)24/h4-6,10,14-15H,1,7-9,11H2,2-3H3/t14-,15+. The van der Waals surface area contributed by atoms with Gasteiger partial charge in [0.25, 0.3) is 0 Å². The van der Waals surface area contributed by atoms with E-state index < -0.39 is 0 Å². The second-order valence-electron chi connectivity index (χ2n) is 6.53. The van der Waals surface area contributed by atoms with Crippen molar-refractivity contribution in [2.45, 2.75) is 33.2 Å². The number of carbonyl (C=O) groups excluding carboxylic acids is 3. The fourth-order valence-electron chi connectivity index (χ4n) is 3.75. The predicted octanol–water partition coefficient (Wildman–Crippen LogP) is 2.42. The first-order chi connectivity index (χ1) is 11.5. The van der Waals surface area contributed by atoms with Crippen LogP contribution < -0.4 is 0 Å². The molecule has 2 amide bonds. The molecule has 0 radical (unpaired) electrons. The topological polar surface area (TPSA) is 59.4 Å². The number of fused-ring (bicyclic) bond motifs is 1. The SMILES string of the molecule is C=CCn1c(C)cc(C(=O)CN2C(=O)[C@H]3CC=CC[C@H]3C2=O)c1C. The van der Waals surface area contributed by atoms with Gasteiger partial charge in [-0.05, 0) is 32.8 Å². The lowest BCUT2D eigenvalue weighted by atomic mass is 9.85. The van der Waals surface area contributed by atoms with Crippen LogP contribution in [0.5, 0.6) is 0 Å². The van der Waals surface area contributed by atoms with Crippen molar-refractivity contribution in [3.63, 3.8) is 0 Å². The number of rotatable bonds is 5. The average Bonchev–Trinajstić information content (AvgIpc) is 2.99. The predicted molar refractivity (Wildman–Crippen MR) is 90.5 cm³/mol. The summed E-state index contributed by atoms with van der Waals surface area (Å²) in [7, 11) is 0. The number of allylic oxidation sites excluding steroid dienone is 3. The van der Waals surface area contributed by atoms with Crippen molar-refractivity contribution in [1.82, 2.24) is 9.47 Å². The second-order valence-corrected chi connectivity index (χ2v) is 6.53. The van der Waals surface area contributed by atoms with Crippen molar-refractivity contribution in [3.8, 4) is 0 Å². The van der Waals surface area contributed by atoms with Gasteiger partial charge in [0.15, 0.2) is 5.78 Å². The maximum absolute atomic E-state index is 12.7. The molecule has 0 bridgehead atoms. The van der Waals surface area contributed by atoms with Gasteiger partial charge in [0.2, 0.25) is 11.8 Å². The van der Waals surface area contributed by atoms with Crippen LogP contribution >= 0.6 is 0 Å². The van der Waals surface area contributed by atoms with Crippen LogP contribution in [-0.4, -0.2) is 33.6 Å². The first kappa shape index (κ1) is 16.4. The molecule has 0 spiro atoms. The number of Topliss-reactive ketones (excluding diaryl/α,β-unsaturated/α-hetero) is 1. The van der Waals surface area contributed by atoms with Gasteiger partial charge >= 0.3 is 0 Å². The van der Waals surface area contributed by atoms with Crippen LogP contribution in [0.4, 0.5) is 0 Å². The number of hydrogen-bond acceptors (Lipinski definition) is 3. The Morgan fingerprint density at radius 3 is 2.33 bits per heavy atom. The first-order valence-corrected chi connectivity index (χ1v) is 8.26. The summed E-state index contributed by atoms with van der Waals surface area (Å²) in [6.45, 7) is 8.00. The molecule has 5 nitrogen and oxygen atoms in total. The van der Waals surface area contributed by atoms with Gasteiger partial charge in [-0.2, -0.15) is 0 Å². The number of likely N-dealkylation sites (tertiary alicyclic amines) is 1. The summed E-state index contributed by atoms with van der Waals surface area (Å²) in [5, 5.41) is 0. The maximum atomic E-state index is 12.7. The van der Waals surface area contributed by atoms with E-state index in [0.717, 1.165) is 16.3 Å². The lowest BCUT2D eigenvalue weighted by molar-refractivity contribution is -0.139. The smallest absolute Gasteiger partial charge is 0.233 e. The van der Waals surface area contributed by atoms with Crippen molar-refractivity contribution < 1.29 is 14.4 Å². The fourth-order valence-corrected chi connectivity index (χ4v) is 3.75. The fraction of sp³-hybridized carbons (Fsp3) is 0.421. The molecule has 0 unspecified atom stereocenters. The number of carbonyl (C=O) groups is 3. The molecule has 5 heteroatoms. The maximum Gasteiger partial charge on any atom is 0.233 e. The molecule has 0 N–H and O–H groups in total. The van der Waals surface area contributed by atoms with E-state index in [-0.39, 0.29) is 36.0 Å². The summed E-state index contributed by atoms with van der Waals surface area (Å²) in [6.07, 6.45) is 6.85. The van der Waals surface area contributed by atoms with Gasteiger partial charge < -0.3 is 4.57 Å². The zero-order valence-corrected chi connectivity index (χ0v) is 14.1. The summed E-state index contributed by atoms with van der Waals surface area (Å²) in [5.41, 5.74) is 2.38. The third-order valence-electron chi connectivity index (χ3n) is 5.09. The van der Waals surface area contributed by atoms with Gasteiger partial charge in [-0.1, -0.05) is 18.2 Å². The molecule has 2 atom stereocenters. The number of aryl methyl sites for hydroxylation is 1. The Morgan fingerprint density at radius 2 is 1.79 bits per heavy atom. The normalized spacial score (nSPS) is 22.8. The van der Waals surface area contributed by atoms with Crippen LogP contribution in [0.1, 0.15) is 34.6 Å².